The summed E-state index contributed by atoms with van der Waals surface area (Å²) in [6.07, 6.45) is 0. The topological polar surface area (TPSA) is 26.6 Å². The third-order valence-electron chi connectivity index (χ3n) is 11.4. The Morgan fingerprint density at radius 1 is 0.455 bits per heavy atom. The number of fused-ring (bicyclic) bond motifs is 9. The van der Waals surface area contributed by atoms with Crippen molar-refractivity contribution in [1.29, 1.82) is 0 Å². The summed E-state index contributed by atoms with van der Waals surface area (Å²) in [5, 5.41) is 2.22. The van der Waals surface area contributed by atoms with Crippen molar-refractivity contribution in [1.82, 2.24) is 4.57 Å². The lowest BCUT2D eigenvalue weighted by molar-refractivity contribution is 0.362. The maximum absolute atomic E-state index is 6.68. The number of benzene rings is 8. The molecule has 0 unspecified atom stereocenters. The van der Waals surface area contributed by atoms with Crippen LogP contribution in [0.5, 0.6) is 23.0 Å². The zero-order valence-corrected chi connectivity index (χ0v) is 30.5. The standard InChI is InChI=1S/C51H36N2O2/c1-51(2)43-18-10-9-17-39(43)40-27-25-38(32-44(40)51)52(36-23-21-34(22-24-36)33-13-5-3-6-14-33)37-26-29-45-42(31-37)41-28-30-48-50(55-47-20-12-11-19-46(47)54-48)49(41)53(45)35-15-7-4-8-16-35/h3-32H,1-2H3. The van der Waals surface area contributed by atoms with Crippen LogP contribution in [0, 0.1) is 0 Å². The van der Waals surface area contributed by atoms with Gasteiger partial charge in [0.15, 0.2) is 23.0 Å². The Balaban J connectivity index is 1.13. The maximum Gasteiger partial charge on any atom is 0.194 e. The third-order valence-corrected chi connectivity index (χ3v) is 11.4. The summed E-state index contributed by atoms with van der Waals surface area (Å²) in [4.78, 5) is 2.40. The van der Waals surface area contributed by atoms with E-state index in [2.05, 4.69) is 175 Å². The fraction of sp³-hybridized carbons (Fsp3) is 0.0588. The second-order valence-corrected chi connectivity index (χ2v) is 15.0. The van der Waals surface area contributed by atoms with E-state index in [-0.39, 0.29) is 5.41 Å². The van der Waals surface area contributed by atoms with Crippen LogP contribution in [-0.2, 0) is 5.41 Å². The van der Waals surface area contributed by atoms with E-state index in [0.717, 1.165) is 44.6 Å². The molecule has 1 aliphatic heterocycles. The van der Waals surface area contributed by atoms with E-state index >= 15 is 0 Å². The summed E-state index contributed by atoms with van der Waals surface area (Å²) in [5.74, 6) is 2.84. The molecule has 0 N–H and O–H groups in total. The number of anilines is 3. The van der Waals surface area contributed by atoms with Crippen molar-refractivity contribution < 1.29 is 9.47 Å². The van der Waals surface area contributed by atoms with E-state index in [1.54, 1.807) is 0 Å². The number of nitrogens with zero attached hydrogens (tertiary/aromatic N) is 2. The predicted molar refractivity (Wildman–Crippen MR) is 225 cm³/mol. The van der Waals surface area contributed by atoms with Crippen LogP contribution in [0.1, 0.15) is 25.0 Å². The fourth-order valence-electron chi connectivity index (χ4n) is 8.77. The van der Waals surface area contributed by atoms with Gasteiger partial charge < -0.3 is 18.9 Å². The van der Waals surface area contributed by atoms with E-state index in [9.17, 15) is 0 Å². The molecular formula is C51H36N2O2. The second-order valence-electron chi connectivity index (χ2n) is 15.0. The van der Waals surface area contributed by atoms with Gasteiger partial charge in [0.2, 0.25) is 0 Å². The zero-order chi connectivity index (χ0) is 36.7. The highest BCUT2D eigenvalue weighted by atomic mass is 16.6. The fourth-order valence-corrected chi connectivity index (χ4v) is 8.77. The largest absolute Gasteiger partial charge is 0.449 e. The molecule has 0 atom stereocenters. The highest BCUT2D eigenvalue weighted by molar-refractivity contribution is 6.13. The Bertz CT molecular complexity index is 2940. The number of ether oxygens (including phenoxy) is 2. The molecule has 4 heteroatoms. The number of hydrogen-bond acceptors (Lipinski definition) is 3. The molecule has 1 aliphatic carbocycles. The van der Waals surface area contributed by atoms with Gasteiger partial charge in [-0.05, 0) is 112 Å². The SMILES string of the molecule is CC1(C)c2ccccc2-c2ccc(N(c3ccc(-c4ccccc4)cc3)c3ccc4c(c3)c3ccc5c(c3n4-c3ccccc3)Oc3ccccc3O5)cc21. The lowest BCUT2D eigenvalue weighted by Crippen LogP contribution is -2.16. The van der Waals surface area contributed by atoms with Crippen LogP contribution in [0.25, 0.3) is 49.7 Å². The molecule has 0 spiro atoms. The number of rotatable bonds is 5. The molecule has 0 saturated heterocycles. The highest BCUT2D eigenvalue weighted by Crippen LogP contribution is 2.53. The molecule has 9 aromatic rings. The minimum atomic E-state index is -0.127. The van der Waals surface area contributed by atoms with E-state index < -0.39 is 0 Å². The minimum absolute atomic E-state index is 0.127. The highest BCUT2D eigenvalue weighted by Gasteiger charge is 2.36. The molecule has 11 rings (SSSR count). The Labute approximate surface area is 320 Å². The Kier molecular flexibility index (Phi) is 6.86. The van der Waals surface area contributed by atoms with Crippen LogP contribution in [0.15, 0.2) is 182 Å². The normalized spacial score (nSPS) is 13.3. The summed E-state index contributed by atoms with van der Waals surface area (Å²) < 4.78 is 15.4. The maximum atomic E-state index is 6.68. The van der Waals surface area contributed by atoms with Crippen molar-refractivity contribution in [2.45, 2.75) is 19.3 Å². The van der Waals surface area contributed by atoms with Crippen molar-refractivity contribution in [3.63, 3.8) is 0 Å². The molecule has 0 bridgehead atoms. The number of hydrogen-bond donors (Lipinski definition) is 0. The van der Waals surface area contributed by atoms with Gasteiger partial charge in [0.05, 0.1) is 5.52 Å². The van der Waals surface area contributed by atoms with E-state index in [4.69, 9.17) is 9.47 Å². The number of aromatic nitrogens is 1. The monoisotopic (exact) mass is 708 g/mol. The van der Waals surface area contributed by atoms with Gasteiger partial charge in [-0.1, -0.05) is 117 Å². The van der Waals surface area contributed by atoms with Gasteiger partial charge in [0.1, 0.15) is 5.52 Å². The molecule has 55 heavy (non-hydrogen) atoms. The van der Waals surface area contributed by atoms with Gasteiger partial charge >= 0.3 is 0 Å². The summed E-state index contributed by atoms with van der Waals surface area (Å²) in [7, 11) is 0. The molecule has 0 saturated carbocycles. The molecule has 0 radical (unpaired) electrons. The van der Waals surface area contributed by atoms with Crippen LogP contribution in [0.4, 0.5) is 17.1 Å². The van der Waals surface area contributed by atoms with Crippen LogP contribution in [0.3, 0.4) is 0 Å². The zero-order valence-electron chi connectivity index (χ0n) is 30.5. The molecule has 262 valence electrons. The lowest BCUT2D eigenvalue weighted by Gasteiger charge is -2.28. The van der Waals surface area contributed by atoms with Crippen LogP contribution < -0.4 is 14.4 Å². The number of para-hydroxylation sites is 3. The van der Waals surface area contributed by atoms with Crippen LogP contribution in [-0.4, -0.2) is 4.57 Å². The van der Waals surface area contributed by atoms with Gasteiger partial charge in [0.25, 0.3) is 0 Å². The van der Waals surface area contributed by atoms with Gasteiger partial charge in [-0.15, -0.1) is 0 Å². The Morgan fingerprint density at radius 3 is 1.87 bits per heavy atom. The molecule has 0 fully saturated rings. The summed E-state index contributed by atoms with van der Waals surface area (Å²) in [6, 6.07) is 64.7. The average molecular weight is 709 g/mol. The molecule has 1 aromatic heterocycles. The molecular weight excluding hydrogens is 673 g/mol. The van der Waals surface area contributed by atoms with Crippen molar-refractivity contribution in [2.24, 2.45) is 0 Å². The molecule has 4 nitrogen and oxygen atoms in total. The summed E-state index contributed by atoms with van der Waals surface area (Å²) in [5.41, 5.74) is 14.0. The quantitative estimate of drug-likeness (QED) is 0.178. The summed E-state index contributed by atoms with van der Waals surface area (Å²) in [6.45, 7) is 4.69. The first-order valence-corrected chi connectivity index (χ1v) is 18.8. The van der Waals surface area contributed by atoms with Crippen LogP contribution >= 0.6 is 0 Å². The minimum Gasteiger partial charge on any atom is -0.449 e. The first kappa shape index (κ1) is 31.5. The van der Waals surface area contributed by atoms with Crippen molar-refractivity contribution in [3.8, 4) is 50.9 Å². The van der Waals surface area contributed by atoms with E-state index in [1.807, 2.05) is 30.3 Å². The van der Waals surface area contributed by atoms with E-state index in [0.29, 0.717) is 23.0 Å². The third kappa shape index (κ3) is 4.85. The van der Waals surface area contributed by atoms with Crippen LogP contribution in [0.2, 0.25) is 0 Å². The van der Waals surface area contributed by atoms with Gasteiger partial charge in [-0.25, -0.2) is 0 Å². The first-order valence-electron chi connectivity index (χ1n) is 18.8. The van der Waals surface area contributed by atoms with Crippen molar-refractivity contribution in [2.75, 3.05) is 4.90 Å². The molecule has 0 amide bonds. The van der Waals surface area contributed by atoms with Gasteiger partial charge in [-0.3, -0.25) is 0 Å². The van der Waals surface area contributed by atoms with Crippen molar-refractivity contribution >= 4 is 38.9 Å². The summed E-state index contributed by atoms with van der Waals surface area (Å²) >= 11 is 0. The van der Waals surface area contributed by atoms with Gasteiger partial charge in [0, 0.05) is 38.9 Å². The molecule has 2 aliphatic rings. The lowest BCUT2D eigenvalue weighted by atomic mass is 9.82. The van der Waals surface area contributed by atoms with Crippen molar-refractivity contribution in [3.05, 3.63) is 193 Å². The molecule has 2 heterocycles. The molecule has 8 aromatic carbocycles. The smallest absolute Gasteiger partial charge is 0.194 e. The predicted octanol–water partition coefficient (Wildman–Crippen LogP) is 14.1. The van der Waals surface area contributed by atoms with Gasteiger partial charge in [-0.2, -0.15) is 0 Å². The van der Waals surface area contributed by atoms with E-state index in [1.165, 1.54) is 33.4 Å². The Hall–Kier alpha value is -7.04. The Morgan fingerprint density at radius 2 is 1.07 bits per heavy atom. The second kappa shape index (κ2) is 12.0. The first-order chi connectivity index (χ1) is 27.0. The average Bonchev–Trinajstić information content (AvgIpc) is 3.69.